The van der Waals surface area contributed by atoms with Crippen molar-refractivity contribution in [3.8, 4) is 130 Å². The van der Waals surface area contributed by atoms with Crippen molar-refractivity contribution >= 4 is 22.7 Å². The van der Waals surface area contributed by atoms with Gasteiger partial charge in [0.15, 0.2) is 23.3 Å². The molecular formula is C102H114N7O6S2+5. The summed E-state index contributed by atoms with van der Waals surface area (Å²) in [6.45, 7) is 29.1. The van der Waals surface area contributed by atoms with Crippen molar-refractivity contribution in [3.63, 3.8) is 0 Å². The summed E-state index contributed by atoms with van der Waals surface area (Å²) in [7, 11) is 19.1. The Labute approximate surface area is 701 Å². The highest BCUT2D eigenvalue weighted by Crippen LogP contribution is 2.55. The van der Waals surface area contributed by atoms with Crippen LogP contribution in [0.3, 0.4) is 0 Å². The SMILES string of the molecule is COc1ccc2c(c1C)-c1c(n(-c3ccccc3)c[n+]1C)C(C)(C)C2(C)C.COc1cccc(-c2c[n+](-c3c(C(C)C)cccc3C(C)C)c(-c3ccccc3)n2C)c1C.COc1cccc(-c2coc(-c3ccccc3)[n+]2C)c1C.COc1cccc(-c2csc(-c3ccccc3)[n+]2C)c1C.COc1cccc(-c2csc[n+]2C)c1C. The number of thiazole rings is 2. The van der Waals surface area contributed by atoms with Crippen LogP contribution in [0.2, 0.25) is 0 Å². The van der Waals surface area contributed by atoms with E-state index in [1.165, 1.54) is 117 Å². The van der Waals surface area contributed by atoms with E-state index in [0.29, 0.717) is 11.8 Å². The van der Waals surface area contributed by atoms with Crippen LogP contribution in [0.25, 0.3) is 101 Å². The third-order valence-electron chi connectivity index (χ3n) is 23.5. The van der Waals surface area contributed by atoms with E-state index in [0.717, 1.165) is 62.6 Å². The van der Waals surface area contributed by atoms with Crippen molar-refractivity contribution in [2.45, 2.75) is 113 Å². The molecule has 1 aliphatic rings. The first-order valence-corrected chi connectivity index (χ1v) is 41.8. The van der Waals surface area contributed by atoms with Gasteiger partial charge < -0.3 is 28.1 Å². The first-order chi connectivity index (χ1) is 56.2. The predicted octanol–water partition coefficient (Wildman–Crippen LogP) is 22.6. The van der Waals surface area contributed by atoms with Crippen molar-refractivity contribution in [1.29, 1.82) is 0 Å². The smallest absolute Gasteiger partial charge is 0.380 e. The number of para-hydroxylation sites is 2. The summed E-state index contributed by atoms with van der Waals surface area (Å²) < 4.78 is 49.0. The maximum Gasteiger partial charge on any atom is 0.380 e. The predicted molar refractivity (Wildman–Crippen MR) is 479 cm³/mol. The summed E-state index contributed by atoms with van der Waals surface area (Å²) in [5, 5.41) is 5.62. The Bertz CT molecular complexity index is 5790. The molecule has 0 atom stereocenters. The minimum absolute atomic E-state index is 0.0236. The number of aromatic nitrogens is 7. The molecule has 16 rings (SSSR count). The number of benzene rings is 10. The molecular weight excluding hydrogens is 1480 g/mol. The summed E-state index contributed by atoms with van der Waals surface area (Å²) in [6.07, 6.45) is 6.31. The summed E-state index contributed by atoms with van der Waals surface area (Å²) >= 11 is 3.47. The second kappa shape index (κ2) is 36.5. The van der Waals surface area contributed by atoms with Gasteiger partial charge in [0.1, 0.15) is 67.5 Å². The number of imidazole rings is 2. The number of oxazole rings is 1. The third kappa shape index (κ3) is 16.8. The van der Waals surface area contributed by atoms with E-state index in [-0.39, 0.29) is 10.8 Å². The van der Waals surface area contributed by atoms with Crippen LogP contribution in [0.15, 0.2) is 264 Å². The number of methoxy groups -OCH3 is 5. The Morgan fingerprint density at radius 3 is 1.36 bits per heavy atom. The highest BCUT2D eigenvalue weighted by atomic mass is 32.1. The lowest BCUT2D eigenvalue weighted by Gasteiger charge is -2.45. The van der Waals surface area contributed by atoms with E-state index < -0.39 is 0 Å². The number of hydrogen-bond acceptors (Lipinski definition) is 8. The normalized spacial score (nSPS) is 12.2. The summed E-state index contributed by atoms with van der Waals surface area (Å²) in [4.78, 5) is 0. The summed E-state index contributed by atoms with van der Waals surface area (Å²) in [5.74, 6) is 7.45. The zero-order chi connectivity index (χ0) is 83.7. The molecule has 15 aromatic rings. The van der Waals surface area contributed by atoms with Crippen LogP contribution in [0, 0.1) is 34.6 Å². The maximum atomic E-state index is 5.79. The molecule has 0 spiro atoms. The van der Waals surface area contributed by atoms with E-state index in [1.807, 2.05) is 85.9 Å². The van der Waals surface area contributed by atoms with Crippen LogP contribution in [-0.4, -0.2) is 44.7 Å². The minimum atomic E-state index is -0.0482. The largest absolute Gasteiger partial charge is 0.496 e. The van der Waals surface area contributed by atoms with Gasteiger partial charge in [-0.05, 0) is 149 Å². The summed E-state index contributed by atoms with van der Waals surface area (Å²) in [5.41, 5.74) is 31.3. The fourth-order valence-electron chi connectivity index (χ4n) is 16.3. The number of hydrogen-bond donors (Lipinski definition) is 0. The molecule has 5 aromatic heterocycles. The zero-order valence-electron chi connectivity index (χ0n) is 72.4. The van der Waals surface area contributed by atoms with Crippen molar-refractivity contribution in [2.75, 3.05) is 35.5 Å². The van der Waals surface area contributed by atoms with Gasteiger partial charge in [0.25, 0.3) is 16.5 Å². The molecule has 1 aliphatic carbocycles. The molecule has 0 amide bonds. The minimum Gasteiger partial charge on any atom is -0.496 e. The lowest BCUT2D eigenvalue weighted by molar-refractivity contribution is -0.660. The van der Waals surface area contributed by atoms with E-state index in [9.17, 15) is 0 Å². The van der Waals surface area contributed by atoms with Gasteiger partial charge in [0, 0.05) is 60.9 Å². The molecule has 0 unspecified atom stereocenters. The topological polar surface area (TPSA) is 88.5 Å². The van der Waals surface area contributed by atoms with E-state index in [1.54, 1.807) is 64.5 Å². The molecule has 5 heterocycles. The second-order valence-corrected chi connectivity index (χ2v) is 33.1. The molecule has 0 saturated carbocycles. The molecule has 117 heavy (non-hydrogen) atoms. The molecule has 0 radical (unpaired) electrons. The van der Waals surface area contributed by atoms with Gasteiger partial charge in [0.2, 0.25) is 23.2 Å². The zero-order valence-corrected chi connectivity index (χ0v) is 74.0. The number of fused-ring (bicyclic) bond motifs is 3. The fraction of sp³-hybridized carbons (Fsp3) is 0.265. The molecule has 0 saturated heterocycles. The number of aryl methyl sites for hydroxylation is 2. The number of nitrogens with zero attached hydrogens (tertiary/aromatic N) is 7. The Morgan fingerprint density at radius 1 is 0.427 bits per heavy atom. The molecule has 0 aliphatic heterocycles. The third-order valence-corrected chi connectivity index (χ3v) is 25.3. The number of rotatable bonds is 16. The highest BCUT2D eigenvalue weighted by Gasteiger charge is 2.53. The van der Waals surface area contributed by atoms with Gasteiger partial charge in [-0.2, -0.15) is 22.8 Å². The molecule has 0 fully saturated rings. The second-order valence-electron chi connectivity index (χ2n) is 31.5. The van der Waals surface area contributed by atoms with Gasteiger partial charge in [-0.1, -0.05) is 205 Å². The molecule has 0 bridgehead atoms. The standard InChI is InChI=1S/C30H35N2O.C24H29N2O.C18H18NO2.C18H18NOS.C12H14NOS/c1-20(2)24-15-11-16-25(21(3)4)29(24)32-19-27(26-17-12-18-28(33-7)22(26)5)31(6)30(32)23-13-9-8-10-14-23;1-16-19(27-7)14-13-18-20(16)21-22(24(4,5)23(18,2)3)26(15-25(21)6)17-11-9-8-10-12-17;2*1-13-15(10-7-11-17(13)20-3)16-12-21-18(19(16)2)14-8-5-4-6-9-14;1-9-10(5-4-6-12(9)14-3)11-7-15-8-13(11)2/h8-21H,1-7H3;8-15H,1-7H3;2*4-12H,1-3H3;4-8H,1-3H3/q5*+1. The van der Waals surface area contributed by atoms with Crippen LogP contribution in [0.1, 0.15) is 117 Å². The molecule has 15 heteroatoms. The van der Waals surface area contributed by atoms with Crippen molar-refractivity contribution in [2.24, 2.45) is 35.2 Å². The first kappa shape index (κ1) is 84.5. The molecule has 0 N–H and O–H groups in total. The molecule has 10 aromatic carbocycles. The quantitative estimate of drug-likeness (QED) is 0.0896. The summed E-state index contributed by atoms with van der Waals surface area (Å²) in [6, 6.07) is 77.7. The van der Waals surface area contributed by atoms with Gasteiger partial charge in [0.05, 0.1) is 93.8 Å². The van der Waals surface area contributed by atoms with Crippen LogP contribution < -0.4 is 46.5 Å². The Kier molecular flexibility index (Phi) is 26.4. The van der Waals surface area contributed by atoms with Gasteiger partial charge >= 0.3 is 5.89 Å². The Balaban J connectivity index is 0.000000138. The lowest BCUT2D eigenvalue weighted by atomic mass is 9.57. The Hall–Kier alpha value is -11.9. The molecule has 600 valence electrons. The van der Waals surface area contributed by atoms with Crippen LogP contribution in [0.4, 0.5) is 0 Å². The van der Waals surface area contributed by atoms with Gasteiger partial charge in [-0.15, -0.1) is 0 Å². The molecule has 13 nitrogen and oxygen atoms in total. The fourth-order valence-corrected chi connectivity index (χ4v) is 18.1. The average Bonchev–Trinajstić information content (AvgIpc) is 1.62. The Morgan fingerprint density at radius 2 is 0.872 bits per heavy atom. The average molecular weight is 1600 g/mol. The van der Waals surface area contributed by atoms with E-state index in [2.05, 4.69) is 325 Å². The van der Waals surface area contributed by atoms with E-state index in [4.69, 9.17) is 28.1 Å². The van der Waals surface area contributed by atoms with Crippen LogP contribution in [-0.2, 0) is 46.1 Å². The van der Waals surface area contributed by atoms with E-state index >= 15 is 0 Å². The first-order valence-electron chi connectivity index (χ1n) is 39.9. The van der Waals surface area contributed by atoms with Crippen molar-refractivity contribution in [3.05, 3.63) is 310 Å². The number of ether oxygens (including phenoxy) is 5. The lowest BCUT2D eigenvalue weighted by Crippen LogP contribution is -2.46. The monoisotopic (exact) mass is 1600 g/mol. The van der Waals surface area contributed by atoms with Crippen molar-refractivity contribution < 1.29 is 50.9 Å². The van der Waals surface area contributed by atoms with Crippen LogP contribution >= 0.6 is 22.7 Å². The highest BCUT2D eigenvalue weighted by molar-refractivity contribution is 7.13. The van der Waals surface area contributed by atoms with Crippen LogP contribution in [0.5, 0.6) is 28.7 Å². The van der Waals surface area contributed by atoms with Crippen molar-refractivity contribution in [1.82, 2.24) is 9.13 Å². The van der Waals surface area contributed by atoms with Gasteiger partial charge in [-0.25, -0.2) is 9.13 Å². The maximum absolute atomic E-state index is 5.79. The van der Waals surface area contributed by atoms with Gasteiger partial charge in [-0.3, -0.25) is 0 Å².